The molecule has 0 radical (unpaired) electrons. The van der Waals surface area contributed by atoms with Crippen LogP contribution in [-0.4, -0.2) is 58.4 Å². The van der Waals surface area contributed by atoms with E-state index in [0.29, 0.717) is 13.1 Å². The van der Waals surface area contributed by atoms with Gasteiger partial charge in [0, 0.05) is 49.0 Å². The number of rotatable bonds is 4. The van der Waals surface area contributed by atoms with Gasteiger partial charge >= 0.3 is 0 Å². The Morgan fingerprint density at radius 3 is 2.46 bits per heavy atom. The van der Waals surface area contributed by atoms with Crippen molar-refractivity contribution >= 4 is 23.5 Å². The van der Waals surface area contributed by atoms with Crippen LogP contribution in [0.15, 0.2) is 65.8 Å². The number of benzene rings is 1. The van der Waals surface area contributed by atoms with Gasteiger partial charge in [-0.25, -0.2) is 0 Å². The van der Waals surface area contributed by atoms with Crippen molar-refractivity contribution in [2.45, 2.75) is 4.90 Å². The van der Waals surface area contributed by atoms with Crippen molar-refractivity contribution in [3.05, 3.63) is 66.5 Å². The maximum Gasteiger partial charge on any atom is 0.255 e. The van der Waals surface area contributed by atoms with Crippen molar-refractivity contribution in [2.24, 2.45) is 0 Å². The first-order valence-electron chi connectivity index (χ1n) is 9.17. The van der Waals surface area contributed by atoms with Crippen LogP contribution in [0.4, 0.5) is 5.82 Å². The van der Waals surface area contributed by atoms with Crippen LogP contribution in [-0.2, 0) is 0 Å². The highest BCUT2D eigenvalue weighted by Crippen LogP contribution is 2.23. The Kier molecular flexibility index (Phi) is 5.53. The third kappa shape index (κ3) is 3.84. The number of piperazine rings is 1. The molecule has 1 aromatic carbocycles. The van der Waals surface area contributed by atoms with Crippen molar-refractivity contribution in [3.63, 3.8) is 0 Å². The molecule has 3 aromatic rings. The number of carbonyl (C=O) groups excluding carboxylic acids is 1. The van der Waals surface area contributed by atoms with Crippen LogP contribution >= 0.6 is 11.8 Å². The highest BCUT2D eigenvalue weighted by molar-refractivity contribution is 7.98. The maximum atomic E-state index is 12.9. The summed E-state index contributed by atoms with van der Waals surface area (Å²) in [5.41, 5.74) is 2.54. The topological polar surface area (TPSA) is 62.2 Å². The van der Waals surface area contributed by atoms with Crippen molar-refractivity contribution < 1.29 is 4.79 Å². The first-order valence-corrected chi connectivity index (χ1v) is 10.4. The lowest BCUT2D eigenvalue weighted by atomic mass is 10.1. The molecule has 7 heteroatoms. The van der Waals surface area contributed by atoms with Crippen LogP contribution in [0.3, 0.4) is 0 Å². The minimum absolute atomic E-state index is 0.0996. The summed E-state index contributed by atoms with van der Waals surface area (Å²) in [5, 5.41) is 8.71. The lowest BCUT2D eigenvalue weighted by Crippen LogP contribution is -2.49. The van der Waals surface area contributed by atoms with E-state index >= 15 is 0 Å². The van der Waals surface area contributed by atoms with E-state index in [0.717, 1.165) is 40.6 Å². The smallest absolute Gasteiger partial charge is 0.255 e. The van der Waals surface area contributed by atoms with Crippen molar-refractivity contribution in [1.29, 1.82) is 0 Å². The van der Waals surface area contributed by atoms with Gasteiger partial charge in [0.15, 0.2) is 5.82 Å². The molecule has 0 unspecified atom stereocenters. The predicted molar refractivity (Wildman–Crippen MR) is 112 cm³/mol. The second-order valence-corrected chi connectivity index (χ2v) is 7.35. The van der Waals surface area contributed by atoms with Gasteiger partial charge in [0.25, 0.3) is 5.91 Å². The summed E-state index contributed by atoms with van der Waals surface area (Å²) in [4.78, 5) is 22.1. The summed E-state index contributed by atoms with van der Waals surface area (Å²) in [5.74, 6) is 0.937. The fraction of sp³-hybridized carbons (Fsp3) is 0.238. The molecule has 1 aliphatic rings. The predicted octanol–water partition coefficient (Wildman–Crippen LogP) is 3.22. The average molecular weight is 392 g/mol. The largest absolute Gasteiger partial charge is 0.352 e. The molecule has 6 nitrogen and oxygen atoms in total. The molecule has 1 amide bonds. The number of aromatic nitrogens is 3. The molecule has 1 fully saturated rings. The first-order chi connectivity index (χ1) is 13.8. The van der Waals surface area contributed by atoms with Crippen molar-refractivity contribution in [1.82, 2.24) is 20.1 Å². The SMILES string of the molecule is CSc1ccccc1C(=O)N1CCN(c2ccc(-c3cccnc3)nn2)CC1. The molecule has 28 heavy (non-hydrogen) atoms. The monoisotopic (exact) mass is 391 g/mol. The number of anilines is 1. The summed E-state index contributed by atoms with van der Waals surface area (Å²) in [6.45, 7) is 2.84. The van der Waals surface area contributed by atoms with Gasteiger partial charge in [-0.2, -0.15) is 0 Å². The summed E-state index contributed by atoms with van der Waals surface area (Å²) in [7, 11) is 0. The number of thioether (sulfide) groups is 1. The quantitative estimate of drug-likeness (QED) is 0.637. The normalized spacial score (nSPS) is 14.2. The van der Waals surface area contributed by atoms with Gasteiger partial charge in [-0.05, 0) is 42.7 Å². The summed E-state index contributed by atoms with van der Waals surface area (Å²) in [6.07, 6.45) is 5.52. The third-order valence-corrected chi connectivity index (χ3v) is 5.63. The molecule has 4 rings (SSSR count). The van der Waals surface area contributed by atoms with Gasteiger partial charge in [-0.15, -0.1) is 22.0 Å². The molecule has 0 saturated carbocycles. The highest BCUT2D eigenvalue weighted by Gasteiger charge is 2.24. The van der Waals surface area contributed by atoms with Gasteiger partial charge in [0.2, 0.25) is 0 Å². The lowest BCUT2D eigenvalue weighted by Gasteiger charge is -2.35. The van der Waals surface area contributed by atoms with E-state index < -0.39 is 0 Å². The minimum atomic E-state index is 0.0996. The Morgan fingerprint density at radius 2 is 1.79 bits per heavy atom. The van der Waals surface area contributed by atoms with Crippen LogP contribution < -0.4 is 4.90 Å². The van der Waals surface area contributed by atoms with E-state index in [9.17, 15) is 4.79 Å². The van der Waals surface area contributed by atoms with E-state index in [1.807, 2.05) is 59.7 Å². The van der Waals surface area contributed by atoms with E-state index in [1.165, 1.54) is 0 Å². The fourth-order valence-electron chi connectivity index (χ4n) is 3.29. The average Bonchev–Trinajstić information content (AvgIpc) is 2.79. The van der Waals surface area contributed by atoms with Gasteiger partial charge < -0.3 is 9.80 Å². The van der Waals surface area contributed by atoms with Crippen LogP contribution in [0.25, 0.3) is 11.3 Å². The molecule has 2 aromatic heterocycles. The minimum Gasteiger partial charge on any atom is -0.352 e. The third-order valence-electron chi connectivity index (χ3n) is 4.84. The number of pyridine rings is 1. The Balaban J connectivity index is 1.41. The van der Waals surface area contributed by atoms with Gasteiger partial charge in [-0.3, -0.25) is 9.78 Å². The molecule has 142 valence electrons. The molecule has 1 saturated heterocycles. The Bertz CT molecular complexity index is 941. The molecule has 0 spiro atoms. The summed E-state index contributed by atoms with van der Waals surface area (Å²) < 4.78 is 0. The molecular weight excluding hydrogens is 370 g/mol. The Hall–Kier alpha value is -2.93. The number of carbonyl (C=O) groups is 1. The Labute approximate surface area is 168 Å². The summed E-state index contributed by atoms with van der Waals surface area (Å²) in [6, 6.07) is 15.6. The zero-order chi connectivity index (χ0) is 19.3. The zero-order valence-electron chi connectivity index (χ0n) is 15.7. The number of nitrogens with zero attached hydrogens (tertiary/aromatic N) is 5. The van der Waals surface area contributed by atoms with E-state index in [4.69, 9.17) is 0 Å². The molecule has 3 heterocycles. The van der Waals surface area contributed by atoms with E-state index in [2.05, 4.69) is 20.1 Å². The van der Waals surface area contributed by atoms with Crippen molar-refractivity contribution in [2.75, 3.05) is 37.3 Å². The molecule has 0 N–H and O–H groups in total. The van der Waals surface area contributed by atoms with Crippen LogP contribution in [0.2, 0.25) is 0 Å². The highest BCUT2D eigenvalue weighted by atomic mass is 32.2. The second-order valence-electron chi connectivity index (χ2n) is 6.50. The molecule has 0 aliphatic carbocycles. The van der Waals surface area contributed by atoms with Gasteiger partial charge in [-0.1, -0.05) is 12.1 Å². The second kappa shape index (κ2) is 8.39. The van der Waals surface area contributed by atoms with E-state index in [-0.39, 0.29) is 5.91 Å². The lowest BCUT2D eigenvalue weighted by molar-refractivity contribution is 0.0743. The molecular formula is C21H21N5OS. The Morgan fingerprint density at radius 1 is 0.964 bits per heavy atom. The van der Waals surface area contributed by atoms with E-state index in [1.54, 1.807) is 24.2 Å². The molecule has 0 atom stereocenters. The van der Waals surface area contributed by atoms with Gasteiger partial charge in [0.05, 0.1) is 11.3 Å². The number of hydrogen-bond donors (Lipinski definition) is 0. The van der Waals surface area contributed by atoms with Crippen LogP contribution in [0, 0.1) is 0 Å². The fourth-order valence-corrected chi connectivity index (χ4v) is 3.88. The number of amides is 1. The summed E-state index contributed by atoms with van der Waals surface area (Å²) >= 11 is 1.60. The van der Waals surface area contributed by atoms with Crippen LogP contribution in [0.5, 0.6) is 0 Å². The van der Waals surface area contributed by atoms with Crippen LogP contribution in [0.1, 0.15) is 10.4 Å². The first kappa shape index (κ1) is 18.4. The number of hydrogen-bond acceptors (Lipinski definition) is 6. The molecule has 0 bridgehead atoms. The van der Waals surface area contributed by atoms with Crippen molar-refractivity contribution in [3.8, 4) is 11.3 Å². The maximum absolute atomic E-state index is 12.9. The standard InChI is InChI=1S/C21H21N5OS/c1-28-19-7-3-2-6-17(19)21(27)26-13-11-25(12-14-26)20-9-8-18(23-24-20)16-5-4-10-22-15-16/h2-10,15H,11-14H2,1H3. The zero-order valence-corrected chi connectivity index (χ0v) is 16.5. The van der Waals surface area contributed by atoms with Gasteiger partial charge in [0.1, 0.15) is 0 Å². The molecule has 1 aliphatic heterocycles.